The lowest BCUT2D eigenvalue weighted by molar-refractivity contribution is -0.157. The van der Waals surface area contributed by atoms with E-state index in [0.29, 0.717) is 30.2 Å². The number of hydrogen-bond acceptors (Lipinski definition) is 11. The Labute approximate surface area is 217 Å². The molecule has 0 heterocycles. The van der Waals surface area contributed by atoms with Gasteiger partial charge in [-0.25, -0.2) is 9.59 Å². The smallest absolute Gasteiger partial charge is 0.462 e. The molecule has 0 saturated heterocycles. The van der Waals surface area contributed by atoms with Crippen molar-refractivity contribution in [3.63, 3.8) is 0 Å². The van der Waals surface area contributed by atoms with E-state index in [1.54, 1.807) is 13.0 Å². The van der Waals surface area contributed by atoms with Gasteiger partial charge in [-0.05, 0) is 55.7 Å². The first-order valence-electron chi connectivity index (χ1n) is 12.3. The summed E-state index contributed by atoms with van der Waals surface area (Å²) in [5, 5.41) is 0. The van der Waals surface area contributed by atoms with Gasteiger partial charge in [-0.2, -0.15) is 0 Å². The summed E-state index contributed by atoms with van der Waals surface area (Å²) in [6.45, 7) is 11.0. The predicted octanol–water partition coefficient (Wildman–Crippen LogP) is 4.17. The maximum Gasteiger partial charge on any atom is 0.513 e. The molecule has 0 amide bonds. The highest BCUT2D eigenvalue weighted by Gasteiger charge is 2.22. The van der Waals surface area contributed by atoms with Gasteiger partial charge in [0.1, 0.15) is 18.8 Å². The molecule has 1 rings (SSSR count). The zero-order valence-corrected chi connectivity index (χ0v) is 22.4. The molecule has 0 aliphatic rings. The van der Waals surface area contributed by atoms with E-state index in [1.807, 2.05) is 27.7 Å². The second-order valence-electron chi connectivity index (χ2n) is 9.41. The number of ether oxygens (including phenoxy) is 6. The molecule has 2 N–H and O–H groups in total. The minimum atomic E-state index is -1.06. The fourth-order valence-corrected chi connectivity index (χ4v) is 2.73. The monoisotopic (exact) mass is 525 g/mol. The fourth-order valence-electron chi connectivity index (χ4n) is 2.73. The van der Waals surface area contributed by atoms with Crippen LogP contribution in [0.3, 0.4) is 0 Å². The van der Waals surface area contributed by atoms with Gasteiger partial charge in [0.2, 0.25) is 0 Å². The summed E-state index contributed by atoms with van der Waals surface area (Å²) < 4.78 is 30.6. The zero-order valence-electron chi connectivity index (χ0n) is 22.4. The van der Waals surface area contributed by atoms with E-state index < -0.39 is 36.4 Å². The normalized spacial score (nSPS) is 12.5. The molecule has 0 spiro atoms. The first-order chi connectivity index (χ1) is 17.4. The standard InChI is InChI=1S/C26H39NO10/c1-16(2)9-11-32-25(30)36-22-8-7-20(14-23(22)37-26(31)33-12-10-17(3)4)13-21(27)24(29)35-18(5)15-34-19(6)28/h7-8,14,16-18,21H,9-13,15,27H2,1-6H3/t18-,21-/m0/s1. The second-order valence-corrected chi connectivity index (χ2v) is 9.41. The van der Waals surface area contributed by atoms with Gasteiger partial charge in [0.05, 0.1) is 13.2 Å². The topological polar surface area (TPSA) is 150 Å². The van der Waals surface area contributed by atoms with Gasteiger partial charge in [-0.3, -0.25) is 9.59 Å². The molecule has 1 aromatic rings. The van der Waals surface area contributed by atoms with Crippen molar-refractivity contribution in [1.82, 2.24) is 0 Å². The Balaban J connectivity index is 2.91. The van der Waals surface area contributed by atoms with Crippen molar-refractivity contribution < 1.29 is 47.6 Å². The van der Waals surface area contributed by atoms with Crippen molar-refractivity contribution in [3.8, 4) is 11.5 Å². The van der Waals surface area contributed by atoms with Gasteiger partial charge in [-0.1, -0.05) is 33.8 Å². The number of nitrogens with two attached hydrogens (primary N) is 1. The summed E-state index contributed by atoms with van der Waals surface area (Å²) in [7, 11) is 0. The first-order valence-corrected chi connectivity index (χ1v) is 12.3. The quantitative estimate of drug-likeness (QED) is 0.212. The van der Waals surface area contributed by atoms with E-state index in [9.17, 15) is 19.2 Å². The molecule has 0 aromatic heterocycles. The SMILES string of the molecule is CC(=O)OC[C@H](C)OC(=O)[C@@H](N)Cc1ccc(OC(=O)OCCC(C)C)c(OC(=O)OCCC(C)C)c1. The predicted molar refractivity (Wildman–Crippen MR) is 133 cm³/mol. The number of carbonyl (C=O) groups is 4. The van der Waals surface area contributed by atoms with Crippen LogP contribution in [0.25, 0.3) is 0 Å². The minimum Gasteiger partial charge on any atom is -0.462 e. The van der Waals surface area contributed by atoms with Crippen molar-refractivity contribution in [2.75, 3.05) is 19.8 Å². The van der Waals surface area contributed by atoms with Crippen LogP contribution in [-0.2, 0) is 35.0 Å². The van der Waals surface area contributed by atoms with Gasteiger partial charge in [0.15, 0.2) is 11.5 Å². The highest BCUT2D eigenvalue weighted by atomic mass is 16.7. The molecule has 0 bridgehead atoms. The van der Waals surface area contributed by atoms with Crippen LogP contribution < -0.4 is 15.2 Å². The van der Waals surface area contributed by atoms with Crippen LogP contribution >= 0.6 is 0 Å². The van der Waals surface area contributed by atoms with Crippen molar-refractivity contribution in [2.45, 2.75) is 73.0 Å². The van der Waals surface area contributed by atoms with E-state index in [2.05, 4.69) is 0 Å². The molecule has 0 saturated carbocycles. The molecule has 11 heteroatoms. The molecular formula is C26H39NO10. The average molecular weight is 526 g/mol. The van der Waals surface area contributed by atoms with Crippen LogP contribution in [0.5, 0.6) is 11.5 Å². The summed E-state index contributed by atoms with van der Waals surface area (Å²) in [4.78, 5) is 47.5. The Morgan fingerprint density at radius 3 is 1.86 bits per heavy atom. The highest BCUT2D eigenvalue weighted by molar-refractivity contribution is 5.76. The van der Waals surface area contributed by atoms with Crippen LogP contribution in [0.4, 0.5) is 9.59 Å². The zero-order chi connectivity index (χ0) is 28.0. The molecule has 208 valence electrons. The third-order valence-corrected chi connectivity index (χ3v) is 4.82. The maximum absolute atomic E-state index is 12.3. The molecule has 0 radical (unpaired) electrons. The summed E-state index contributed by atoms with van der Waals surface area (Å²) in [6.07, 6.45) is -1.27. The number of rotatable bonds is 14. The van der Waals surface area contributed by atoms with E-state index >= 15 is 0 Å². The Hall–Kier alpha value is -3.34. The highest BCUT2D eigenvalue weighted by Crippen LogP contribution is 2.30. The Kier molecular flexibility index (Phi) is 14.1. The van der Waals surface area contributed by atoms with Crippen LogP contribution in [-0.4, -0.2) is 56.2 Å². The van der Waals surface area contributed by atoms with Gasteiger partial charge in [0.25, 0.3) is 0 Å². The molecule has 2 atom stereocenters. The largest absolute Gasteiger partial charge is 0.513 e. The van der Waals surface area contributed by atoms with E-state index in [-0.39, 0.29) is 37.7 Å². The van der Waals surface area contributed by atoms with Crippen LogP contribution in [0.15, 0.2) is 18.2 Å². The summed E-state index contributed by atoms with van der Waals surface area (Å²) in [5.74, 6) is -0.694. The van der Waals surface area contributed by atoms with Crippen LogP contribution in [0.1, 0.15) is 59.9 Å². The van der Waals surface area contributed by atoms with Gasteiger partial charge in [-0.15, -0.1) is 0 Å². The molecule has 37 heavy (non-hydrogen) atoms. The Morgan fingerprint density at radius 1 is 0.811 bits per heavy atom. The molecule has 1 aromatic carbocycles. The molecular weight excluding hydrogens is 486 g/mol. The fraction of sp³-hybridized carbons (Fsp3) is 0.615. The maximum atomic E-state index is 12.3. The Morgan fingerprint density at radius 2 is 1.35 bits per heavy atom. The second kappa shape index (κ2) is 16.4. The Bertz CT molecular complexity index is 899. The van der Waals surface area contributed by atoms with E-state index in [1.165, 1.54) is 19.1 Å². The molecule has 0 fully saturated rings. The number of benzene rings is 1. The van der Waals surface area contributed by atoms with Crippen molar-refractivity contribution >= 4 is 24.2 Å². The third kappa shape index (κ3) is 14.1. The van der Waals surface area contributed by atoms with Gasteiger partial charge >= 0.3 is 24.2 Å². The average Bonchev–Trinajstić information content (AvgIpc) is 2.78. The lowest BCUT2D eigenvalue weighted by Gasteiger charge is -2.17. The van der Waals surface area contributed by atoms with Crippen LogP contribution in [0, 0.1) is 11.8 Å². The third-order valence-electron chi connectivity index (χ3n) is 4.82. The van der Waals surface area contributed by atoms with Gasteiger partial charge < -0.3 is 34.2 Å². The number of hydrogen-bond donors (Lipinski definition) is 1. The number of esters is 2. The van der Waals surface area contributed by atoms with Crippen molar-refractivity contribution in [3.05, 3.63) is 23.8 Å². The molecule has 0 aliphatic heterocycles. The van der Waals surface area contributed by atoms with Gasteiger partial charge in [0, 0.05) is 6.92 Å². The summed E-state index contributed by atoms with van der Waals surface area (Å²) in [6, 6.07) is 3.31. The van der Waals surface area contributed by atoms with E-state index in [0.717, 1.165) is 0 Å². The first kappa shape index (κ1) is 31.7. The lowest BCUT2D eigenvalue weighted by atomic mass is 10.1. The van der Waals surface area contributed by atoms with Crippen molar-refractivity contribution in [2.24, 2.45) is 17.6 Å². The summed E-state index contributed by atoms with van der Waals surface area (Å²) >= 11 is 0. The molecule has 11 nitrogen and oxygen atoms in total. The number of carbonyl (C=O) groups excluding carboxylic acids is 4. The van der Waals surface area contributed by atoms with Crippen LogP contribution in [0.2, 0.25) is 0 Å². The lowest BCUT2D eigenvalue weighted by Crippen LogP contribution is -2.37. The van der Waals surface area contributed by atoms with Crippen molar-refractivity contribution in [1.29, 1.82) is 0 Å². The van der Waals surface area contributed by atoms with E-state index in [4.69, 9.17) is 34.2 Å². The molecule has 0 aliphatic carbocycles. The molecule has 0 unspecified atom stereocenters. The summed E-state index contributed by atoms with van der Waals surface area (Å²) in [5.41, 5.74) is 6.48. The minimum absolute atomic E-state index is 0.0248.